The van der Waals surface area contributed by atoms with Gasteiger partial charge in [0, 0.05) is 27.4 Å². The minimum atomic E-state index is -0.667. The van der Waals surface area contributed by atoms with Crippen molar-refractivity contribution >= 4 is 17.3 Å². The van der Waals surface area contributed by atoms with Crippen molar-refractivity contribution in [2.24, 2.45) is 0 Å². The van der Waals surface area contributed by atoms with Gasteiger partial charge in [0.05, 0.1) is 11.0 Å². The maximum Gasteiger partial charge on any atom is 0.378 e. The Bertz CT molecular complexity index is 1030. The van der Waals surface area contributed by atoms with Crippen LogP contribution < -0.4 is 10.3 Å². The molecule has 8 nitrogen and oxygen atoms in total. The maximum atomic E-state index is 12.3. The number of benzene rings is 2. The molecule has 0 saturated carbocycles. The highest BCUT2D eigenvalue weighted by Crippen LogP contribution is 2.22. The van der Waals surface area contributed by atoms with Crippen molar-refractivity contribution in [3.05, 3.63) is 85.0 Å². The van der Waals surface area contributed by atoms with Crippen LogP contribution in [0.3, 0.4) is 0 Å². The first-order valence-electron chi connectivity index (χ1n) is 6.67. The van der Waals surface area contributed by atoms with Crippen molar-refractivity contribution in [2.75, 3.05) is 0 Å². The zero-order valence-corrected chi connectivity index (χ0v) is 12.7. The second-order valence-electron chi connectivity index (χ2n) is 4.78. The third kappa shape index (κ3) is 2.95. The van der Waals surface area contributed by atoms with E-state index in [1.54, 1.807) is 12.1 Å². The highest BCUT2D eigenvalue weighted by molar-refractivity contribution is 6.30. The van der Waals surface area contributed by atoms with Crippen molar-refractivity contribution in [1.82, 2.24) is 4.68 Å². The Labute approximate surface area is 138 Å². The minimum absolute atomic E-state index is 0.00215. The van der Waals surface area contributed by atoms with E-state index < -0.39 is 10.5 Å². The average Bonchev–Trinajstić information content (AvgIpc) is 2.54. The van der Waals surface area contributed by atoms with Crippen LogP contribution in [0.4, 0.5) is 5.69 Å². The largest absolute Gasteiger partial charge is 0.378 e. The lowest BCUT2D eigenvalue weighted by Gasteiger charge is -1.98. The highest BCUT2D eigenvalue weighted by atomic mass is 35.5. The van der Waals surface area contributed by atoms with Crippen LogP contribution in [0.15, 0.2) is 63.9 Å². The van der Waals surface area contributed by atoms with E-state index in [0.29, 0.717) is 5.02 Å². The van der Waals surface area contributed by atoms with Gasteiger partial charge in [0.1, 0.15) is 10.6 Å². The van der Waals surface area contributed by atoms with Crippen LogP contribution in [-0.4, -0.2) is 9.61 Å². The molecule has 0 bridgehead atoms. The molecule has 0 radical (unpaired) electrons. The van der Waals surface area contributed by atoms with E-state index in [1.165, 1.54) is 36.4 Å². The average molecular weight is 347 g/mol. The molecule has 24 heavy (non-hydrogen) atoms. The second-order valence-corrected chi connectivity index (χ2v) is 5.21. The number of aromatic nitrogens is 2. The van der Waals surface area contributed by atoms with Gasteiger partial charge in [0.2, 0.25) is 5.76 Å². The van der Waals surface area contributed by atoms with Crippen molar-refractivity contribution < 1.29 is 14.2 Å². The number of nitro benzene ring substituents is 1. The molecule has 120 valence electrons. The Balaban J connectivity index is 2.15. The predicted octanol–water partition coefficient (Wildman–Crippen LogP) is 2.57. The standard InChI is InChI=1S/C15H9ClN3O5/c16-11-4-2-5-12(8-11)17-15(20)9-14(24-19(17)23)10-3-1-6-13(7-10)18(21)22/h1-9H/q+1. The Hall–Kier alpha value is -3.26. The molecular weight excluding hydrogens is 338 g/mol. The van der Waals surface area contributed by atoms with Gasteiger partial charge in [0.25, 0.3) is 5.69 Å². The van der Waals surface area contributed by atoms with E-state index in [9.17, 15) is 19.8 Å². The zero-order valence-electron chi connectivity index (χ0n) is 12.0. The molecule has 0 unspecified atom stereocenters. The quantitative estimate of drug-likeness (QED) is 0.535. The Morgan fingerprint density at radius 3 is 2.54 bits per heavy atom. The van der Waals surface area contributed by atoms with Crippen LogP contribution >= 0.6 is 11.6 Å². The molecule has 0 saturated heterocycles. The van der Waals surface area contributed by atoms with Gasteiger partial charge >= 0.3 is 10.3 Å². The number of halogens is 1. The monoisotopic (exact) mass is 346 g/mol. The van der Waals surface area contributed by atoms with Gasteiger partial charge in [-0.25, -0.2) is 0 Å². The summed E-state index contributed by atoms with van der Waals surface area (Å²) in [7, 11) is 0. The molecular formula is C15H9ClN3O5+. The van der Waals surface area contributed by atoms with E-state index in [0.717, 1.165) is 10.7 Å². The van der Waals surface area contributed by atoms with Gasteiger partial charge in [-0.15, -0.1) is 0 Å². The number of non-ortho nitro benzene ring substituents is 1. The predicted molar refractivity (Wildman–Crippen MR) is 84.8 cm³/mol. The molecule has 3 rings (SSSR count). The fourth-order valence-corrected chi connectivity index (χ4v) is 2.33. The topological polar surface area (TPSA) is 101 Å². The van der Waals surface area contributed by atoms with Crippen molar-refractivity contribution in [3.63, 3.8) is 0 Å². The molecule has 1 aromatic heterocycles. The summed E-state index contributed by atoms with van der Waals surface area (Å²) in [6, 6.07) is 12.6. The molecule has 0 fully saturated rings. The summed E-state index contributed by atoms with van der Waals surface area (Å²) >= 11 is 5.85. The van der Waals surface area contributed by atoms with E-state index >= 15 is 0 Å². The normalized spacial score (nSPS) is 10.5. The highest BCUT2D eigenvalue weighted by Gasteiger charge is 2.19. The molecule has 1 heterocycles. The molecule has 0 aliphatic carbocycles. The SMILES string of the molecule is O=c1cc(-c2cccc([N+](=O)[O-])c2)o[n+](=O)n1-c1cccc(Cl)c1. The number of nitrogens with zero attached hydrogens (tertiary/aromatic N) is 3. The number of rotatable bonds is 3. The maximum absolute atomic E-state index is 12.3. The first kappa shape index (κ1) is 15.6. The summed E-state index contributed by atoms with van der Waals surface area (Å²) in [4.78, 5) is 34.6. The molecule has 0 spiro atoms. The van der Waals surface area contributed by atoms with Crippen LogP contribution in [0.1, 0.15) is 0 Å². The molecule has 0 aliphatic heterocycles. The number of nitro groups is 1. The van der Waals surface area contributed by atoms with Crippen LogP contribution in [-0.2, 0) is 0 Å². The lowest BCUT2D eigenvalue weighted by molar-refractivity contribution is -0.775. The molecule has 0 atom stereocenters. The first-order chi connectivity index (χ1) is 11.5. The van der Waals surface area contributed by atoms with Crippen LogP contribution in [0.25, 0.3) is 17.0 Å². The molecule has 3 aromatic rings. The van der Waals surface area contributed by atoms with E-state index in [4.69, 9.17) is 16.1 Å². The van der Waals surface area contributed by atoms with Gasteiger partial charge in [-0.3, -0.25) is 14.9 Å². The Kier molecular flexibility index (Phi) is 3.97. The molecule has 2 aromatic carbocycles. The number of hydrogen-bond donors (Lipinski definition) is 0. The smallest absolute Gasteiger partial charge is 0.263 e. The zero-order chi connectivity index (χ0) is 17.3. The fourth-order valence-electron chi connectivity index (χ4n) is 2.14. The van der Waals surface area contributed by atoms with Crippen molar-refractivity contribution in [2.45, 2.75) is 0 Å². The lowest BCUT2D eigenvalue weighted by atomic mass is 10.1. The summed E-state index contributed by atoms with van der Waals surface area (Å²) in [6.07, 6.45) is 0. The van der Waals surface area contributed by atoms with E-state index in [1.807, 2.05) is 0 Å². The summed E-state index contributed by atoms with van der Waals surface area (Å²) in [5, 5.41) is 11.2. The first-order valence-corrected chi connectivity index (χ1v) is 7.05. The van der Waals surface area contributed by atoms with Gasteiger partial charge in [-0.1, -0.05) is 29.8 Å². The van der Waals surface area contributed by atoms with Gasteiger partial charge in [-0.2, -0.15) is 4.52 Å². The molecule has 0 amide bonds. The van der Waals surface area contributed by atoms with Crippen molar-refractivity contribution in [1.29, 1.82) is 0 Å². The fraction of sp³-hybridized carbons (Fsp3) is 0. The third-order valence-corrected chi connectivity index (χ3v) is 3.43. The van der Waals surface area contributed by atoms with Crippen LogP contribution in [0.5, 0.6) is 0 Å². The van der Waals surface area contributed by atoms with Gasteiger partial charge < -0.3 is 0 Å². The second kappa shape index (κ2) is 6.09. The summed E-state index contributed by atoms with van der Waals surface area (Å²) < 4.78 is 5.81. The van der Waals surface area contributed by atoms with Crippen LogP contribution in [0.2, 0.25) is 5.02 Å². The molecule has 0 aliphatic rings. The van der Waals surface area contributed by atoms with Gasteiger partial charge in [0.15, 0.2) is 0 Å². The van der Waals surface area contributed by atoms with Crippen molar-refractivity contribution in [3.8, 4) is 17.0 Å². The summed E-state index contributed by atoms with van der Waals surface area (Å²) in [6.45, 7) is 0. The Morgan fingerprint density at radius 1 is 1.12 bits per heavy atom. The van der Waals surface area contributed by atoms with E-state index in [-0.39, 0.29) is 27.4 Å². The van der Waals surface area contributed by atoms with Gasteiger partial charge in [-0.05, 0) is 18.2 Å². The lowest BCUT2D eigenvalue weighted by Crippen LogP contribution is -2.39. The molecule has 9 heteroatoms. The van der Waals surface area contributed by atoms with E-state index in [2.05, 4.69) is 0 Å². The molecule has 0 N–H and O–H groups in total. The third-order valence-electron chi connectivity index (χ3n) is 3.20. The summed E-state index contributed by atoms with van der Waals surface area (Å²) in [5.41, 5.74) is -0.375. The number of hydrogen-bond acceptors (Lipinski definition) is 5. The Morgan fingerprint density at radius 2 is 1.88 bits per heavy atom. The van der Waals surface area contributed by atoms with Crippen LogP contribution in [0, 0.1) is 15.0 Å². The minimum Gasteiger partial charge on any atom is -0.263 e. The summed E-state index contributed by atoms with van der Waals surface area (Å²) in [5.74, 6) is -0.0861.